The fourth-order valence-electron chi connectivity index (χ4n) is 2.18. The molecule has 0 spiro atoms. The number of nitrogens with two attached hydrogens (primary N) is 1. The Kier molecular flexibility index (Phi) is 2.11. The van der Waals surface area contributed by atoms with Gasteiger partial charge in [0.2, 0.25) is 0 Å². The number of hydrogen-bond donors (Lipinski definition) is 3. The maximum absolute atomic E-state index is 9.18. The number of fused-ring (bicyclic) bond motifs is 3. The number of rotatable bonds is 1. The summed E-state index contributed by atoms with van der Waals surface area (Å²) < 4.78 is 1.61. The molecular weight excluding hydrogens is 215 g/mol. The van der Waals surface area contributed by atoms with Gasteiger partial charge in [-0.05, 0) is 17.6 Å². The first-order valence-electron chi connectivity index (χ1n) is 5.33. The van der Waals surface area contributed by atoms with Gasteiger partial charge >= 0.3 is 7.12 Å². The SMILES string of the molecule is Nn1c2ccccc2c2cc(B(O)O)ccc21. The van der Waals surface area contributed by atoms with Crippen LogP contribution in [0.25, 0.3) is 21.8 Å². The topological polar surface area (TPSA) is 71.4 Å². The predicted molar refractivity (Wildman–Crippen MR) is 69.4 cm³/mol. The molecule has 17 heavy (non-hydrogen) atoms. The standard InChI is InChI=1S/C12H11BN2O2/c14-15-11-4-2-1-3-9(11)10-7-8(13(16)17)5-6-12(10)15/h1-7,16-17H,14H2. The average Bonchev–Trinajstić information content (AvgIpc) is 2.64. The molecule has 0 saturated carbocycles. The highest BCUT2D eigenvalue weighted by molar-refractivity contribution is 6.59. The van der Waals surface area contributed by atoms with Crippen LogP contribution in [0.3, 0.4) is 0 Å². The smallest absolute Gasteiger partial charge is 0.423 e. The summed E-state index contributed by atoms with van der Waals surface area (Å²) in [6.07, 6.45) is 0. The summed E-state index contributed by atoms with van der Waals surface area (Å²) >= 11 is 0. The maximum Gasteiger partial charge on any atom is 0.488 e. The number of nitrogen functional groups attached to an aromatic ring is 1. The summed E-state index contributed by atoms with van der Waals surface area (Å²) in [6.45, 7) is 0. The molecule has 0 unspecified atom stereocenters. The van der Waals surface area contributed by atoms with Crippen molar-refractivity contribution in [3.63, 3.8) is 0 Å². The first-order valence-corrected chi connectivity index (χ1v) is 5.33. The third-order valence-electron chi connectivity index (χ3n) is 3.03. The molecule has 84 valence electrons. The van der Waals surface area contributed by atoms with Crippen LogP contribution in [-0.4, -0.2) is 21.8 Å². The molecule has 0 amide bonds. The largest absolute Gasteiger partial charge is 0.488 e. The molecule has 0 radical (unpaired) electrons. The monoisotopic (exact) mass is 226 g/mol. The molecule has 3 aromatic rings. The van der Waals surface area contributed by atoms with Gasteiger partial charge in [0.05, 0.1) is 11.0 Å². The number of hydrogen-bond acceptors (Lipinski definition) is 3. The van der Waals surface area contributed by atoms with E-state index in [9.17, 15) is 10.0 Å². The number of benzene rings is 2. The third kappa shape index (κ3) is 1.40. The van der Waals surface area contributed by atoms with Crippen LogP contribution in [0, 0.1) is 0 Å². The van der Waals surface area contributed by atoms with Crippen molar-refractivity contribution in [2.75, 3.05) is 5.84 Å². The van der Waals surface area contributed by atoms with Crippen LogP contribution < -0.4 is 11.3 Å². The van der Waals surface area contributed by atoms with E-state index in [0.717, 1.165) is 21.8 Å². The van der Waals surface area contributed by atoms with Gasteiger partial charge in [0.25, 0.3) is 0 Å². The number of para-hydroxylation sites is 1. The van der Waals surface area contributed by atoms with Crippen LogP contribution >= 0.6 is 0 Å². The molecule has 4 nitrogen and oxygen atoms in total. The Balaban J connectivity index is 2.46. The van der Waals surface area contributed by atoms with Gasteiger partial charge in [-0.25, -0.2) is 0 Å². The highest BCUT2D eigenvalue weighted by Gasteiger charge is 2.14. The molecule has 2 aromatic carbocycles. The van der Waals surface area contributed by atoms with Gasteiger partial charge < -0.3 is 15.9 Å². The minimum atomic E-state index is -1.46. The van der Waals surface area contributed by atoms with Gasteiger partial charge in [0.1, 0.15) is 0 Å². The van der Waals surface area contributed by atoms with E-state index in [1.54, 1.807) is 22.9 Å². The minimum Gasteiger partial charge on any atom is -0.423 e. The summed E-state index contributed by atoms with van der Waals surface area (Å²) in [5, 5.41) is 20.3. The normalized spacial score (nSPS) is 11.2. The van der Waals surface area contributed by atoms with Crippen LogP contribution in [-0.2, 0) is 0 Å². The second kappa shape index (κ2) is 3.51. The van der Waals surface area contributed by atoms with E-state index >= 15 is 0 Å². The predicted octanol–water partition coefficient (Wildman–Crippen LogP) is 0.188. The van der Waals surface area contributed by atoms with Crippen molar-refractivity contribution in [2.45, 2.75) is 0 Å². The highest BCUT2D eigenvalue weighted by atomic mass is 16.4. The Morgan fingerprint density at radius 3 is 2.41 bits per heavy atom. The van der Waals surface area contributed by atoms with Gasteiger partial charge in [0.15, 0.2) is 0 Å². The highest BCUT2D eigenvalue weighted by Crippen LogP contribution is 2.25. The molecule has 1 heterocycles. The van der Waals surface area contributed by atoms with Gasteiger partial charge in [-0.15, -0.1) is 0 Å². The van der Waals surface area contributed by atoms with Crippen molar-refractivity contribution in [1.82, 2.24) is 4.68 Å². The van der Waals surface area contributed by atoms with Crippen molar-refractivity contribution in [2.24, 2.45) is 0 Å². The van der Waals surface area contributed by atoms with E-state index in [1.807, 2.05) is 24.3 Å². The molecule has 3 rings (SSSR count). The lowest BCUT2D eigenvalue weighted by atomic mass is 9.80. The van der Waals surface area contributed by atoms with E-state index in [1.165, 1.54) is 0 Å². The van der Waals surface area contributed by atoms with Crippen molar-refractivity contribution in [1.29, 1.82) is 0 Å². The summed E-state index contributed by atoms with van der Waals surface area (Å²) in [4.78, 5) is 0. The van der Waals surface area contributed by atoms with Gasteiger partial charge in [-0.1, -0.05) is 30.3 Å². The molecule has 5 heteroatoms. The Bertz CT molecular complexity index is 706. The molecule has 0 aliphatic rings. The zero-order chi connectivity index (χ0) is 12.0. The van der Waals surface area contributed by atoms with Gasteiger partial charge in [0, 0.05) is 10.8 Å². The fraction of sp³-hybridized carbons (Fsp3) is 0. The van der Waals surface area contributed by atoms with Crippen molar-refractivity contribution < 1.29 is 10.0 Å². The van der Waals surface area contributed by atoms with Crippen molar-refractivity contribution >= 4 is 34.4 Å². The summed E-state index contributed by atoms with van der Waals surface area (Å²) in [5.74, 6) is 5.99. The number of nitrogens with zero attached hydrogens (tertiary/aromatic N) is 1. The molecular formula is C12H11BN2O2. The fourth-order valence-corrected chi connectivity index (χ4v) is 2.18. The molecule has 4 N–H and O–H groups in total. The molecule has 0 atom stereocenters. The van der Waals surface area contributed by atoms with Gasteiger partial charge in [-0.3, -0.25) is 4.68 Å². The van der Waals surface area contributed by atoms with E-state index < -0.39 is 7.12 Å². The summed E-state index contributed by atoms with van der Waals surface area (Å²) in [5.41, 5.74) is 2.26. The van der Waals surface area contributed by atoms with Crippen molar-refractivity contribution in [3.05, 3.63) is 42.5 Å². The van der Waals surface area contributed by atoms with Crippen molar-refractivity contribution in [3.8, 4) is 0 Å². The molecule has 0 aliphatic carbocycles. The summed E-state index contributed by atoms with van der Waals surface area (Å²) in [7, 11) is -1.46. The zero-order valence-corrected chi connectivity index (χ0v) is 9.04. The Morgan fingerprint density at radius 2 is 1.65 bits per heavy atom. The van der Waals surface area contributed by atoms with Gasteiger partial charge in [-0.2, -0.15) is 0 Å². The Labute approximate surface area is 98.0 Å². The van der Waals surface area contributed by atoms with E-state index in [4.69, 9.17) is 5.84 Å². The lowest BCUT2D eigenvalue weighted by Crippen LogP contribution is -2.29. The van der Waals surface area contributed by atoms with Crippen LogP contribution in [0.2, 0.25) is 0 Å². The first-order chi connectivity index (χ1) is 8.18. The average molecular weight is 226 g/mol. The number of aromatic nitrogens is 1. The van der Waals surface area contributed by atoms with Crippen LogP contribution in [0.15, 0.2) is 42.5 Å². The van der Waals surface area contributed by atoms with E-state index in [2.05, 4.69) is 0 Å². The molecule has 0 bridgehead atoms. The third-order valence-corrected chi connectivity index (χ3v) is 3.03. The van der Waals surface area contributed by atoms with Crippen LogP contribution in [0.4, 0.5) is 0 Å². The maximum atomic E-state index is 9.18. The summed E-state index contributed by atoms with van der Waals surface area (Å²) in [6, 6.07) is 13.0. The van der Waals surface area contributed by atoms with E-state index in [-0.39, 0.29) is 0 Å². The first kappa shape index (κ1) is 10.2. The zero-order valence-electron chi connectivity index (χ0n) is 9.04. The van der Waals surface area contributed by atoms with E-state index in [0.29, 0.717) is 5.46 Å². The quantitative estimate of drug-likeness (QED) is 0.409. The molecule has 0 saturated heterocycles. The van der Waals surface area contributed by atoms with Crippen LogP contribution in [0.1, 0.15) is 0 Å². The lowest BCUT2D eigenvalue weighted by Gasteiger charge is -2.00. The second-order valence-electron chi connectivity index (χ2n) is 4.04. The van der Waals surface area contributed by atoms with Crippen LogP contribution in [0.5, 0.6) is 0 Å². The molecule has 0 fully saturated rings. The molecule has 0 aliphatic heterocycles. The Hall–Kier alpha value is -1.98. The lowest BCUT2D eigenvalue weighted by molar-refractivity contribution is 0.426. The second-order valence-corrected chi connectivity index (χ2v) is 4.04. The Morgan fingerprint density at radius 1 is 0.941 bits per heavy atom. The minimum absolute atomic E-state index is 0.467. The molecule has 1 aromatic heterocycles.